The molecular formula is C73H90N14O28. The van der Waals surface area contributed by atoms with Crippen molar-refractivity contribution >= 4 is 118 Å². The van der Waals surface area contributed by atoms with Crippen LogP contribution in [0, 0.1) is 0 Å². The topological polar surface area (TPSA) is 682 Å². The van der Waals surface area contributed by atoms with E-state index >= 15 is 0 Å². The number of aliphatic hydroxyl groups is 2. The number of aliphatic hydroxyl groups excluding tert-OH is 2. The number of hydrogen-bond acceptors (Lipinski definition) is 22. The first-order valence-corrected chi connectivity index (χ1v) is 35.6. The highest BCUT2D eigenvalue weighted by atomic mass is 16.4. The fourth-order valence-electron chi connectivity index (χ4n) is 11.2. The molecule has 0 unspecified atom stereocenters. The van der Waals surface area contributed by atoms with E-state index in [1.165, 1.54) is 66.7 Å². The van der Waals surface area contributed by atoms with Crippen LogP contribution in [0.2, 0.25) is 0 Å². The fourth-order valence-corrected chi connectivity index (χ4v) is 11.2. The number of urea groups is 1. The Morgan fingerprint density at radius 2 is 0.774 bits per heavy atom. The highest BCUT2D eigenvalue weighted by molar-refractivity contribution is 5.99. The Bertz CT molecular complexity index is 4330. The molecule has 24 N–H and O–H groups in total. The minimum Gasteiger partial charge on any atom is -0.508 e. The first kappa shape index (κ1) is 91.8. The molecule has 0 aliphatic rings. The molecule has 0 bridgehead atoms. The smallest absolute Gasteiger partial charge is 0.335 e. The number of aromatic hydroxyl groups is 2. The molecule has 5 aromatic rings. The van der Waals surface area contributed by atoms with Gasteiger partial charge in [-0.1, -0.05) is 54.6 Å². The molecule has 5 rings (SSSR count). The van der Waals surface area contributed by atoms with E-state index in [-0.39, 0.29) is 67.7 Å². The van der Waals surface area contributed by atoms with Crippen molar-refractivity contribution in [1.29, 1.82) is 0 Å². The number of aromatic nitrogens is 1. The molecule has 4 aromatic carbocycles. The van der Waals surface area contributed by atoms with E-state index in [4.69, 9.17) is 5.11 Å². The normalized spacial score (nSPS) is 13.5. The van der Waals surface area contributed by atoms with Gasteiger partial charge in [0.05, 0.1) is 31.9 Å². The number of aromatic carboxylic acids is 1. The third kappa shape index (κ3) is 32.2. The molecule has 0 saturated heterocycles. The van der Waals surface area contributed by atoms with Crippen LogP contribution < -0.4 is 69.1 Å². The summed E-state index contributed by atoms with van der Waals surface area (Å²) in [4.78, 5) is 237. The van der Waals surface area contributed by atoms with Gasteiger partial charge in [0, 0.05) is 75.5 Å². The van der Waals surface area contributed by atoms with Gasteiger partial charge in [-0.15, -0.1) is 0 Å². The van der Waals surface area contributed by atoms with Gasteiger partial charge in [-0.05, 0) is 103 Å². The first-order valence-electron chi connectivity index (χ1n) is 35.6. The van der Waals surface area contributed by atoms with Crippen molar-refractivity contribution in [2.75, 3.05) is 32.8 Å². The molecule has 10 atom stereocenters. The van der Waals surface area contributed by atoms with Gasteiger partial charge in [-0.3, -0.25) is 67.1 Å². The second-order valence-corrected chi connectivity index (χ2v) is 26.1. The number of carboxylic acids is 6. The summed E-state index contributed by atoms with van der Waals surface area (Å²) in [5.41, 5.74) is 1.89. The van der Waals surface area contributed by atoms with Gasteiger partial charge in [0.15, 0.2) is 0 Å². The van der Waals surface area contributed by atoms with Crippen molar-refractivity contribution in [3.8, 4) is 11.5 Å². The Labute approximate surface area is 653 Å². The summed E-state index contributed by atoms with van der Waals surface area (Å²) in [5, 5.41) is 128. The maximum atomic E-state index is 14.1. The summed E-state index contributed by atoms with van der Waals surface area (Å²) in [5.74, 6) is -21.3. The lowest BCUT2D eigenvalue weighted by molar-refractivity contribution is -0.141. The molecule has 0 radical (unpaired) electrons. The Balaban J connectivity index is 1.26. The predicted octanol–water partition coefficient (Wildman–Crippen LogP) is -4.25. The zero-order valence-corrected chi connectivity index (χ0v) is 61.6. The summed E-state index contributed by atoms with van der Waals surface area (Å²) in [6.45, 7) is -3.44. The standard InChI is InChI=1S/C73H90N14O28/c1-37(90)78-52(28-38-12-16-43(91)17-13-38)66(105)83-53(29-39-14-18-44(92)19-15-39)67(106)84-56(36-89)69(108)85-55(35-88)68(107)82-48(21-24-60(97)98)65(104)81-47(20-23-59(95)96)62(101)76-33-57(93)79-51(30-40-7-6-8-41(27-40)70(109)110)64(103)77-34-58(94)80-54(31-42-32-75-46-10-3-2-9-45(42)46)63(102)74-26-5-4-11-49(71(111)112)86-73(115)87-50(72(113)114)22-25-61(99)100/h2-3,6-10,12-19,27,32,47-56,75,88-89,91-92H,4-5,11,20-26,28-31,33-36H2,1H3,(H,74,102)(H,76,101)(H,77,103)(H,78,90)(H,79,93)(H,80,94)(H,81,104)(H,82,107)(H,83,105)(H,84,106)(H,85,108)(H,95,96)(H,97,98)(H,99,100)(H,109,110)(H,111,112)(H,113,114)(H2,86,87,115)/t47-,48-,49-,50-,51-,52-,53-,54-,55-,56-/m0/s1. The number of nitrogens with one attached hydrogen (secondary N) is 14. The number of rotatable bonds is 49. The molecular weight excluding hydrogens is 1520 g/mol. The average molecular weight is 1610 g/mol. The fraction of sp³-hybridized carbons (Fsp3) is 0.397. The molecule has 42 heteroatoms. The predicted molar refractivity (Wildman–Crippen MR) is 396 cm³/mol. The molecule has 0 spiro atoms. The maximum Gasteiger partial charge on any atom is 0.335 e. The Kier molecular flexibility index (Phi) is 36.8. The number of aromatic amines is 1. The lowest BCUT2D eigenvalue weighted by Gasteiger charge is -2.26. The Morgan fingerprint density at radius 1 is 0.374 bits per heavy atom. The molecule has 1 heterocycles. The third-order valence-corrected chi connectivity index (χ3v) is 17.2. The van der Waals surface area contributed by atoms with Crippen molar-refractivity contribution in [2.24, 2.45) is 0 Å². The average Bonchev–Trinajstić information content (AvgIpc) is 1.73. The van der Waals surface area contributed by atoms with Gasteiger partial charge in [0.2, 0.25) is 65.0 Å². The number of fused-ring (bicyclic) bond motifs is 1. The Morgan fingerprint density at radius 3 is 1.25 bits per heavy atom. The largest absolute Gasteiger partial charge is 0.508 e. The third-order valence-electron chi connectivity index (χ3n) is 17.2. The SMILES string of the molecule is CC(=O)N[C@@H](Cc1ccc(O)cc1)C(=O)N[C@@H](Cc1ccc(O)cc1)C(=O)N[C@@H](CO)C(=O)N[C@@H](CO)C(=O)N[C@@H](CCC(=O)O)C(=O)N[C@@H](CCC(=O)O)C(=O)NCC(=O)N[C@@H](Cc1cccc(C(=O)O)c1)C(=O)NCC(=O)N[C@@H](Cc1c[nH]c2ccccc12)C(=O)NCCCC[C@H](NC(=O)N[C@@H](CCC(=O)O)C(=O)O)C(=O)O. The zero-order chi connectivity index (χ0) is 85.0. The van der Waals surface area contributed by atoms with Crippen LogP contribution in [0.15, 0.2) is 103 Å². The van der Waals surface area contributed by atoms with Crippen molar-refractivity contribution in [3.63, 3.8) is 0 Å². The van der Waals surface area contributed by atoms with Gasteiger partial charge >= 0.3 is 41.8 Å². The van der Waals surface area contributed by atoms with Crippen molar-refractivity contribution in [1.82, 2.24) is 74.1 Å². The zero-order valence-electron chi connectivity index (χ0n) is 61.6. The van der Waals surface area contributed by atoms with E-state index in [1.807, 2.05) is 5.32 Å². The number of aliphatic carboxylic acids is 5. The molecule has 0 aliphatic carbocycles. The number of amides is 13. The molecule has 0 saturated carbocycles. The number of hydrogen-bond donors (Lipinski definition) is 24. The summed E-state index contributed by atoms with van der Waals surface area (Å²) in [6.07, 6.45) is -4.03. The van der Waals surface area contributed by atoms with E-state index in [9.17, 15) is 132 Å². The quantitative estimate of drug-likeness (QED) is 0.0164. The van der Waals surface area contributed by atoms with E-state index in [2.05, 4.69) is 68.8 Å². The second kappa shape index (κ2) is 46.1. The van der Waals surface area contributed by atoms with Gasteiger partial charge in [0.1, 0.15) is 71.9 Å². The lowest BCUT2D eigenvalue weighted by Crippen LogP contribution is -2.61. The summed E-state index contributed by atoms with van der Waals surface area (Å²) < 4.78 is 0. The molecule has 13 amide bonds. The number of para-hydroxylation sites is 1. The monoisotopic (exact) mass is 1610 g/mol. The van der Waals surface area contributed by atoms with Crippen LogP contribution in [0.3, 0.4) is 0 Å². The van der Waals surface area contributed by atoms with Crippen LogP contribution in [0.25, 0.3) is 10.9 Å². The first-order chi connectivity index (χ1) is 54.5. The number of phenols is 2. The minimum absolute atomic E-state index is 0.0475. The van der Waals surface area contributed by atoms with Crippen molar-refractivity contribution < 1.29 is 137 Å². The number of unbranched alkanes of at least 4 members (excludes halogenated alkanes) is 1. The molecule has 42 nitrogen and oxygen atoms in total. The van der Waals surface area contributed by atoms with Crippen molar-refractivity contribution in [3.05, 3.63) is 131 Å². The van der Waals surface area contributed by atoms with Crippen LogP contribution >= 0.6 is 0 Å². The minimum atomic E-state index is -2.08. The maximum absolute atomic E-state index is 14.1. The lowest BCUT2D eigenvalue weighted by atomic mass is 10.0. The number of H-pyrrole nitrogens is 1. The molecule has 620 valence electrons. The van der Waals surface area contributed by atoms with Crippen LogP contribution in [-0.4, -0.2) is 256 Å². The number of benzene rings is 4. The Hall–Kier alpha value is -13.8. The summed E-state index contributed by atoms with van der Waals surface area (Å²) in [7, 11) is 0. The highest BCUT2D eigenvalue weighted by Crippen LogP contribution is 2.21. The summed E-state index contributed by atoms with van der Waals surface area (Å²) in [6, 6.07) is 4.52. The van der Waals surface area contributed by atoms with E-state index in [0.29, 0.717) is 27.6 Å². The van der Waals surface area contributed by atoms with Gasteiger partial charge in [-0.25, -0.2) is 19.2 Å². The molecule has 1 aromatic heterocycles. The van der Waals surface area contributed by atoms with E-state index in [0.717, 1.165) is 13.0 Å². The molecule has 115 heavy (non-hydrogen) atoms. The van der Waals surface area contributed by atoms with Crippen LogP contribution in [0.4, 0.5) is 4.79 Å². The van der Waals surface area contributed by atoms with Gasteiger partial charge in [0.25, 0.3) is 0 Å². The van der Waals surface area contributed by atoms with E-state index < -0.39 is 238 Å². The van der Waals surface area contributed by atoms with Crippen LogP contribution in [-0.2, 0) is 102 Å². The van der Waals surface area contributed by atoms with Gasteiger partial charge in [-0.2, -0.15) is 0 Å². The molecule has 0 aliphatic heterocycles. The molecule has 0 fully saturated rings. The van der Waals surface area contributed by atoms with Crippen LogP contribution in [0.5, 0.6) is 11.5 Å². The number of carboxylic acid groups (broad SMARTS) is 6. The number of carbonyl (C=O) groups excluding carboxylic acids is 12. The summed E-state index contributed by atoms with van der Waals surface area (Å²) >= 11 is 0. The second-order valence-electron chi connectivity index (χ2n) is 26.1. The highest BCUT2D eigenvalue weighted by Gasteiger charge is 2.36. The number of carbonyl (C=O) groups is 18. The number of phenolic OH excluding ortho intramolecular Hbond substituents is 2. The van der Waals surface area contributed by atoms with Crippen molar-refractivity contribution in [2.45, 2.75) is 151 Å². The van der Waals surface area contributed by atoms with Gasteiger partial charge < -0.3 is 125 Å². The van der Waals surface area contributed by atoms with E-state index in [1.54, 1.807) is 30.5 Å². The van der Waals surface area contributed by atoms with Crippen LogP contribution in [0.1, 0.15) is 97.3 Å².